The molecule has 0 saturated carbocycles. The molecule has 3 aromatic rings. The van der Waals surface area contributed by atoms with Gasteiger partial charge in [-0.05, 0) is 46.3 Å². The first-order valence-corrected chi connectivity index (χ1v) is 11.6. The minimum absolute atomic E-state index is 0.0157. The molecule has 2 atom stereocenters. The summed E-state index contributed by atoms with van der Waals surface area (Å²) < 4.78 is 25.3. The van der Waals surface area contributed by atoms with Crippen molar-refractivity contribution in [3.05, 3.63) is 58.7 Å². The number of anilines is 2. The number of rotatable bonds is 7. The molecule has 1 fully saturated rings. The molecule has 0 spiro atoms. The lowest BCUT2D eigenvalue weighted by atomic mass is 10.1. The van der Waals surface area contributed by atoms with Crippen LogP contribution >= 0.6 is 15.9 Å². The number of nitrogens with two attached hydrogens (primary N) is 1. The van der Waals surface area contributed by atoms with E-state index in [4.69, 9.17) is 15.2 Å². The van der Waals surface area contributed by atoms with Crippen molar-refractivity contribution in [3.8, 4) is 17.1 Å². The van der Waals surface area contributed by atoms with Gasteiger partial charge in [0.15, 0.2) is 11.6 Å². The third-order valence-corrected chi connectivity index (χ3v) is 5.98. The van der Waals surface area contributed by atoms with Crippen molar-refractivity contribution in [1.29, 1.82) is 0 Å². The Morgan fingerprint density at radius 3 is 2.81 bits per heavy atom. The van der Waals surface area contributed by atoms with Gasteiger partial charge < -0.3 is 30.5 Å². The van der Waals surface area contributed by atoms with Gasteiger partial charge in [0.1, 0.15) is 28.0 Å². The Balaban J connectivity index is 1.63. The Bertz CT molecular complexity index is 1300. The van der Waals surface area contributed by atoms with Crippen LogP contribution in [0.3, 0.4) is 0 Å². The number of halogens is 2. The van der Waals surface area contributed by atoms with Crippen LogP contribution < -0.4 is 20.7 Å². The first-order chi connectivity index (χ1) is 17.3. The predicted molar refractivity (Wildman–Crippen MR) is 131 cm³/mol. The van der Waals surface area contributed by atoms with Crippen molar-refractivity contribution in [2.24, 2.45) is 5.73 Å². The predicted octanol–water partition coefficient (Wildman–Crippen LogP) is 2.74. The molecule has 4 rings (SSSR count). The molecular weight excluding hydrogens is 539 g/mol. The molecule has 36 heavy (non-hydrogen) atoms. The van der Waals surface area contributed by atoms with Gasteiger partial charge in [-0.2, -0.15) is 0 Å². The Morgan fingerprint density at radius 1 is 1.28 bits per heavy atom. The number of ether oxygens (including phenoxy) is 2. The summed E-state index contributed by atoms with van der Waals surface area (Å²) in [5.74, 6) is -0.633. The number of amides is 2. The summed E-state index contributed by atoms with van der Waals surface area (Å²) in [6, 6.07) is 8.53. The number of nitrogens with zero attached hydrogens (tertiary/aromatic N) is 4. The van der Waals surface area contributed by atoms with Crippen LogP contribution in [0.25, 0.3) is 11.4 Å². The lowest BCUT2D eigenvalue weighted by Gasteiger charge is -2.26. The number of hydrogen-bond acceptors (Lipinski definition) is 9. The highest BCUT2D eigenvalue weighted by Crippen LogP contribution is 2.33. The van der Waals surface area contributed by atoms with Gasteiger partial charge in [0.05, 0.1) is 37.6 Å². The average Bonchev–Trinajstić information content (AvgIpc) is 3.26. The van der Waals surface area contributed by atoms with Crippen LogP contribution in [0.1, 0.15) is 16.9 Å². The zero-order valence-electron chi connectivity index (χ0n) is 19.0. The van der Waals surface area contributed by atoms with E-state index < -0.39 is 30.0 Å². The van der Waals surface area contributed by atoms with Crippen molar-refractivity contribution in [2.45, 2.75) is 18.6 Å². The number of primary amides is 1. The number of methoxy groups -OCH3 is 1. The molecule has 0 radical (unpaired) electrons. The maximum Gasteiger partial charge on any atom is 0.404 e. The topological polar surface area (TPSA) is 153 Å². The van der Waals surface area contributed by atoms with Gasteiger partial charge >= 0.3 is 6.09 Å². The normalized spacial score (nSPS) is 17.1. The molecule has 4 N–H and O–H groups in total. The quantitative estimate of drug-likeness (QED) is 0.370. The molecule has 1 aromatic carbocycles. The maximum atomic E-state index is 14.5. The molecular formula is C23H22BrFN6O5. The van der Waals surface area contributed by atoms with Gasteiger partial charge in [-0.1, -0.05) is 6.07 Å². The van der Waals surface area contributed by atoms with Crippen LogP contribution in [0.15, 0.2) is 47.2 Å². The van der Waals surface area contributed by atoms with Gasteiger partial charge in [0, 0.05) is 12.6 Å². The van der Waals surface area contributed by atoms with Crippen molar-refractivity contribution >= 4 is 39.4 Å². The maximum absolute atomic E-state index is 14.5. The van der Waals surface area contributed by atoms with Gasteiger partial charge in [0.2, 0.25) is 0 Å². The molecule has 1 saturated heterocycles. The lowest BCUT2D eigenvalue weighted by Crippen LogP contribution is -2.34. The summed E-state index contributed by atoms with van der Waals surface area (Å²) >= 11 is 3.32. The molecule has 0 bridgehead atoms. The van der Waals surface area contributed by atoms with Crippen LogP contribution in [0, 0.1) is 5.82 Å². The Morgan fingerprint density at radius 2 is 2.08 bits per heavy atom. The van der Waals surface area contributed by atoms with Crippen LogP contribution in [-0.4, -0.2) is 64.5 Å². The summed E-state index contributed by atoms with van der Waals surface area (Å²) in [4.78, 5) is 38.8. The number of aromatic nitrogens is 3. The molecule has 3 heterocycles. The number of benzene rings is 1. The molecule has 11 nitrogen and oxygen atoms in total. The van der Waals surface area contributed by atoms with Crippen LogP contribution in [0.5, 0.6) is 5.75 Å². The van der Waals surface area contributed by atoms with Crippen molar-refractivity contribution < 1.29 is 28.6 Å². The zero-order chi connectivity index (χ0) is 25.8. The first-order valence-electron chi connectivity index (χ1n) is 10.8. The highest BCUT2D eigenvalue weighted by atomic mass is 79.9. The first kappa shape index (κ1) is 25.3. The SMILES string of the molecule is COc1cccc(F)c1-c1nccc(C(=O)Nc2ccc(Br)nc2N2C[C@@H](OC(N)=O)C[C@H]2CO)n1. The monoisotopic (exact) mass is 560 g/mol. The highest BCUT2D eigenvalue weighted by Gasteiger charge is 2.36. The van der Waals surface area contributed by atoms with E-state index in [1.54, 1.807) is 23.1 Å². The Kier molecular flexibility index (Phi) is 7.60. The summed E-state index contributed by atoms with van der Waals surface area (Å²) in [6.07, 6.45) is 0.211. The van der Waals surface area contributed by atoms with E-state index in [-0.39, 0.29) is 36.0 Å². The third-order valence-electron chi connectivity index (χ3n) is 5.54. The fourth-order valence-corrected chi connectivity index (χ4v) is 4.28. The number of aliphatic hydroxyl groups excluding tert-OH is 1. The number of pyridine rings is 1. The minimum Gasteiger partial charge on any atom is -0.496 e. The van der Waals surface area contributed by atoms with E-state index in [0.717, 1.165) is 0 Å². The lowest BCUT2D eigenvalue weighted by molar-refractivity contribution is 0.102. The number of nitrogens with one attached hydrogen (secondary N) is 1. The minimum atomic E-state index is -0.916. The zero-order valence-corrected chi connectivity index (χ0v) is 20.6. The summed E-state index contributed by atoms with van der Waals surface area (Å²) in [5, 5.41) is 12.6. The second-order valence-electron chi connectivity index (χ2n) is 7.83. The average molecular weight is 561 g/mol. The molecule has 188 valence electrons. The van der Waals surface area contributed by atoms with Crippen LogP contribution in [0.2, 0.25) is 0 Å². The number of carbonyl (C=O) groups excluding carboxylic acids is 2. The number of aliphatic hydroxyl groups is 1. The second kappa shape index (κ2) is 10.8. The van der Waals surface area contributed by atoms with E-state index in [9.17, 15) is 19.1 Å². The molecule has 0 unspecified atom stereocenters. The van der Waals surface area contributed by atoms with Crippen molar-refractivity contribution in [3.63, 3.8) is 0 Å². The molecule has 2 aromatic heterocycles. The van der Waals surface area contributed by atoms with E-state index in [1.165, 1.54) is 31.5 Å². The molecule has 1 aliphatic rings. The summed E-state index contributed by atoms with van der Waals surface area (Å²) in [7, 11) is 1.40. The van der Waals surface area contributed by atoms with E-state index >= 15 is 0 Å². The molecule has 2 amide bonds. The Labute approximate surface area is 213 Å². The van der Waals surface area contributed by atoms with Gasteiger partial charge in [-0.15, -0.1) is 0 Å². The highest BCUT2D eigenvalue weighted by molar-refractivity contribution is 9.10. The number of carbonyl (C=O) groups is 2. The second-order valence-corrected chi connectivity index (χ2v) is 8.64. The summed E-state index contributed by atoms with van der Waals surface area (Å²) in [5.41, 5.74) is 5.48. The van der Waals surface area contributed by atoms with E-state index in [1.807, 2.05) is 0 Å². The van der Waals surface area contributed by atoms with Crippen LogP contribution in [-0.2, 0) is 4.74 Å². The largest absolute Gasteiger partial charge is 0.496 e. The molecule has 1 aliphatic heterocycles. The Hall–Kier alpha value is -3.84. The van der Waals surface area contributed by atoms with Gasteiger partial charge in [-0.25, -0.2) is 24.1 Å². The fourth-order valence-electron chi connectivity index (χ4n) is 3.98. The third kappa shape index (κ3) is 5.36. The van der Waals surface area contributed by atoms with Gasteiger partial charge in [-0.3, -0.25) is 4.79 Å². The van der Waals surface area contributed by atoms with E-state index in [2.05, 4.69) is 36.2 Å². The van der Waals surface area contributed by atoms with E-state index in [0.29, 0.717) is 22.5 Å². The van der Waals surface area contributed by atoms with Crippen LogP contribution in [0.4, 0.5) is 20.7 Å². The van der Waals surface area contributed by atoms with Gasteiger partial charge in [0.25, 0.3) is 5.91 Å². The summed E-state index contributed by atoms with van der Waals surface area (Å²) in [6.45, 7) is -0.0226. The van der Waals surface area contributed by atoms with Crippen molar-refractivity contribution in [1.82, 2.24) is 15.0 Å². The fraction of sp³-hybridized carbons (Fsp3) is 0.261. The smallest absolute Gasteiger partial charge is 0.404 e. The molecule has 13 heteroatoms. The molecule has 0 aliphatic carbocycles. The number of hydrogen-bond donors (Lipinski definition) is 3. The standard InChI is InChI=1S/C23H22BrFN6O5/c1-35-17-4-2-3-14(25)19(17)20-27-8-7-16(28-20)22(33)29-15-5-6-18(24)30-21(15)31-10-13(36-23(26)34)9-12(31)11-32/h2-8,12-13,32H,9-11H2,1H3,(H2,26,34)(H,29,33)/t12-,13-/m0/s1. The van der Waals surface area contributed by atoms with Crippen molar-refractivity contribution in [2.75, 3.05) is 30.5 Å².